The number of halogens is 1. The molecule has 0 spiro atoms. The maximum absolute atomic E-state index is 12.3. The number of furan rings is 1. The van der Waals surface area contributed by atoms with Gasteiger partial charge in [-0.1, -0.05) is 11.6 Å². The minimum absolute atomic E-state index is 0.0215. The van der Waals surface area contributed by atoms with Gasteiger partial charge in [0.1, 0.15) is 18.1 Å². The zero-order valence-corrected chi connectivity index (χ0v) is 17.7. The highest BCUT2D eigenvalue weighted by Crippen LogP contribution is 2.29. The topological polar surface area (TPSA) is 134 Å². The van der Waals surface area contributed by atoms with E-state index < -0.39 is 16.8 Å². The molecule has 3 rings (SSSR count). The second-order valence-electron chi connectivity index (χ2n) is 6.01. The third-order valence-electron chi connectivity index (χ3n) is 3.78. The van der Waals surface area contributed by atoms with Crippen LogP contribution in [0.5, 0.6) is 5.75 Å². The fourth-order valence-corrected chi connectivity index (χ4v) is 3.35. The van der Waals surface area contributed by atoms with E-state index in [2.05, 4.69) is 10.3 Å². The molecule has 0 fully saturated rings. The number of nitrogens with zero attached hydrogens (tertiary/aromatic N) is 2. The predicted octanol–water partition coefficient (Wildman–Crippen LogP) is 4.23. The van der Waals surface area contributed by atoms with Gasteiger partial charge in [0, 0.05) is 17.5 Å². The van der Waals surface area contributed by atoms with Gasteiger partial charge in [0.15, 0.2) is 10.9 Å². The molecule has 12 heteroatoms. The van der Waals surface area contributed by atoms with Crippen molar-refractivity contribution in [2.45, 2.75) is 20.0 Å². The van der Waals surface area contributed by atoms with E-state index in [1.54, 1.807) is 18.4 Å². The summed E-state index contributed by atoms with van der Waals surface area (Å²) in [5, 5.41) is 15.4. The number of non-ortho nitro benzene ring substituents is 1. The summed E-state index contributed by atoms with van der Waals surface area (Å²) in [7, 11) is 0. The van der Waals surface area contributed by atoms with Crippen molar-refractivity contribution in [2.75, 3.05) is 11.9 Å². The van der Waals surface area contributed by atoms with Crippen molar-refractivity contribution in [2.24, 2.45) is 0 Å². The number of nitro benzene ring substituents is 1. The Labute approximate surface area is 184 Å². The Bertz CT molecular complexity index is 1110. The molecule has 3 aromatic rings. The molecule has 0 aliphatic carbocycles. The monoisotopic (exact) mass is 465 g/mol. The van der Waals surface area contributed by atoms with Crippen LogP contribution in [0.25, 0.3) is 0 Å². The molecular weight excluding hydrogens is 450 g/mol. The molecule has 10 nitrogen and oxygen atoms in total. The number of rotatable bonds is 9. The summed E-state index contributed by atoms with van der Waals surface area (Å²) in [5.74, 6) is -0.282. The van der Waals surface area contributed by atoms with E-state index in [0.29, 0.717) is 16.6 Å². The van der Waals surface area contributed by atoms with Gasteiger partial charge in [0.2, 0.25) is 0 Å². The van der Waals surface area contributed by atoms with Gasteiger partial charge in [-0.3, -0.25) is 25.0 Å². The first-order valence-corrected chi connectivity index (χ1v) is 10.2. The number of nitro groups is 1. The van der Waals surface area contributed by atoms with Crippen molar-refractivity contribution >= 4 is 45.6 Å². The maximum atomic E-state index is 12.3. The molecule has 0 bridgehead atoms. The molecule has 0 saturated heterocycles. The van der Waals surface area contributed by atoms with Crippen LogP contribution < -0.4 is 10.1 Å². The van der Waals surface area contributed by atoms with Gasteiger partial charge in [-0.15, -0.1) is 11.3 Å². The van der Waals surface area contributed by atoms with E-state index in [1.165, 1.54) is 35.6 Å². The minimum Gasteiger partial charge on any atom is -0.484 e. The number of amides is 1. The third-order valence-corrected chi connectivity index (χ3v) is 4.89. The Morgan fingerprint density at radius 1 is 1.32 bits per heavy atom. The number of anilines is 1. The highest BCUT2D eigenvalue weighted by atomic mass is 35.5. The second-order valence-corrected chi connectivity index (χ2v) is 7.27. The first kappa shape index (κ1) is 22.2. The van der Waals surface area contributed by atoms with Crippen molar-refractivity contribution < 1.29 is 28.4 Å². The Hall–Kier alpha value is -3.44. The van der Waals surface area contributed by atoms with Crippen molar-refractivity contribution in [3.63, 3.8) is 0 Å². The van der Waals surface area contributed by atoms with E-state index in [0.717, 1.165) is 0 Å². The van der Waals surface area contributed by atoms with Crippen LogP contribution in [0.15, 0.2) is 40.1 Å². The molecule has 1 aromatic carbocycles. The number of aromatic nitrogens is 1. The van der Waals surface area contributed by atoms with E-state index in [-0.39, 0.29) is 41.9 Å². The van der Waals surface area contributed by atoms with Crippen LogP contribution in [0.3, 0.4) is 0 Å². The fraction of sp³-hybridized carbons (Fsp3) is 0.211. The summed E-state index contributed by atoms with van der Waals surface area (Å²) >= 11 is 7.15. The number of hydrogen-bond donors (Lipinski definition) is 1. The number of benzene rings is 1. The van der Waals surface area contributed by atoms with Gasteiger partial charge in [-0.25, -0.2) is 4.98 Å². The van der Waals surface area contributed by atoms with Gasteiger partial charge < -0.3 is 13.9 Å². The molecule has 162 valence electrons. The SMILES string of the molecule is CCOC(=O)Cc1csc(NC(=O)c2ccc(COc3ccc([N+](=O)[O-])cc3Cl)o2)n1. The van der Waals surface area contributed by atoms with Crippen molar-refractivity contribution in [3.05, 3.63) is 68.1 Å². The Balaban J connectivity index is 1.56. The Morgan fingerprint density at radius 3 is 2.84 bits per heavy atom. The molecule has 1 amide bonds. The number of esters is 1. The highest BCUT2D eigenvalue weighted by Gasteiger charge is 2.16. The van der Waals surface area contributed by atoms with Crippen LogP contribution in [0.2, 0.25) is 5.02 Å². The van der Waals surface area contributed by atoms with E-state index in [4.69, 9.17) is 25.5 Å². The van der Waals surface area contributed by atoms with Gasteiger partial charge >= 0.3 is 5.97 Å². The van der Waals surface area contributed by atoms with Crippen LogP contribution >= 0.6 is 22.9 Å². The van der Waals surface area contributed by atoms with E-state index in [9.17, 15) is 19.7 Å². The van der Waals surface area contributed by atoms with Crippen molar-refractivity contribution in [3.8, 4) is 5.75 Å². The molecule has 0 aliphatic rings. The number of nitrogens with one attached hydrogen (secondary N) is 1. The summed E-state index contributed by atoms with van der Waals surface area (Å²) in [4.78, 5) is 38.2. The summed E-state index contributed by atoms with van der Waals surface area (Å²) in [6, 6.07) is 6.86. The molecule has 0 aliphatic heterocycles. The molecule has 31 heavy (non-hydrogen) atoms. The smallest absolute Gasteiger partial charge is 0.311 e. The van der Waals surface area contributed by atoms with Crippen LogP contribution in [0.1, 0.15) is 28.9 Å². The molecule has 0 atom stereocenters. The average Bonchev–Trinajstić information content (AvgIpc) is 3.36. The standard InChI is InChI=1S/C19H16ClN3O7S/c1-2-28-17(24)7-11-10-31-19(21-11)22-18(25)16-6-4-13(30-16)9-29-15-5-3-12(23(26)27)8-14(15)20/h3-6,8,10H,2,7,9H2,1H3,(H,21,22,25). The summed E-state index contributed by atoms with van der Waals surface area (Å²) < 4.78 is 15.8. The Morgan fingerprint density at radius 2 is 2.13 bits per heavy atom. The van der Waals surface area contributed by atoms with Gasteiger partial charge in [-0.05, 0) is 25.1 Å². The summed E-state index contributed by atoms with van der Waals surface area (Å²) in [6.45, 7) is 1.97. The van der Waals surface area contributed by atoms with Gasteiger partial charge in [-0.2, -0.15) is 0 Å². The van der Waals surface area contributed by atoms with Crippen LogP contribution in [0, 0.1) is 10.1 Å². The van der Waals surface area contributed by atoms with Crippen LogP contribution in [0.4, 0.5) is 10.8 Å². The average molecular weight is 466 g/mol. The Kier molecular flexibility index (Phi) is 7.21. The number of carbonyl (C=O) groups excluding carboxylic acids is 2. The molecule has 0 saturated carbocycles. The van der Waals surface area contributed by atoms with Crippen molar-refractivity contribution in [1.82, 2.24) is 4.98 Å². The number of hydrogen-bond acceptors (Lipinski definition) is 9. The number of thiazole rings is 1. The van der Waals surface area contributed by atoms with Gasteiger partial charge in [0.25, 0.3) is 11.6 Å². The van der Waals surface area contributed by atoms with Gasteiger partial charge in [0.05, 0.1) is 28.7 Å². The molecular formula is C19H16ClN3O7S. The first-order chi connectivity index (χ1) is 14.9. The van der Waals surface area contributed by atoms with Crippen LogP contribution in [-0.4, -0.2) is 28.4 Å². The lowest BCUT2D eigenvalue weighted by atomic mass is 10.3. The zero-order valence-electron chi connectivity index (χ0n) is 16.1. The quantitative estimate of drug-likeness (QED) is 0.282. The molecule has 2 aromatic heterocycles. The largest absolute Gasteiger partial charge is 0.484 e. The summed E-state index contributed by atoms with van der Waals surface area (Å²) in [5.41, 5.74) is 0.342. The maximum Gasteiger partial charge on any atom is 0.311 e. The lowest BCUT2D eigenvalue weighted by Crippen LogP contribution is -2.11. The zero-order chi connectivity index (χ0) is 22.4. The molecule has 2 heterocycles. The normalized spacial score (nSPS) is 10.5. The molecule has 1 N–H and O–H groups in total. The second kappa shape index (κ2) is 10.0. The van der Waals surface area contributed by atoms with E-state index >= 15 is 0 Å². The molecule has 0 radical (unpaired) electrons. The van der Waals surface area contributed by atoms with Crippen molar-refractivity contribution in [1.29, 1.82) is 0 Å². The third kappa shape index (κ3) is 6.03. The van der Waals surface area contributed by atoms with E-state index in [1.807, 2.05) is 0 Å². The molecule has 0 unspecified atom stereocenters. The number of carbonyl (C=O) groups is 2. The first-order valence-electron chi connectivity index (χ1n) is 8.92. The van der Waals surface area contributed by atoms with Crippen LogP contribution in [-0.2, 0) is 22.6 Å². The number of ether oxygens (including phenoxy) is 2. The minimum atomic E-state index is -0.560. The predicted molar refractivity (Wildman–Crippen MR) is 112 cm³/mol. The highest BCUT2D eigenvalue weighted by molar-refractivity contribution is 7.14. The summed E-state index contributed by atoms with van der Waals surface area (Å²) in [6.07, 6.45) is 0.0215. The lowest BCUT2D eigenvalue weighted by Gasteiger charge is -2.06. The lowest BCUT2D eigenvalue weighted by molar-refractivity contribution is -0.384. The fourth-order valence-electron chi connectivity index (χ4n) is 2.41.